The number of hydrogen-bond acceptors (Lipinski definition) is 4. The highest BCUT2D eigenvalue weighted by molar-refractivity contribution is 5.74. The number of urea groups is 1. The molecule has 0 unspecified atom stereocenters. The van der Waals surface area contributed by atoms with Crippen molar-refractivity contribution in [3.05, 3.63) is 36.0 Å². The van der Waals surface area contributed by atoms with Gasteiger partial charge in [-0.15, -0.1) is 0 Å². The zero-order valence-corrected chi connectivity index (χ0v) is 13.4. The van der Waals surface area contributed by atoms with Crippen LogP contribution in [0.4, 0.5) is 9.18 Å². The van der Waals surface area contributed by atoms with Gasteiger partial charge in [0.05, 0.1) is 0 Å². The van der Waals surface area contributed by atoms with E-state index in [0.29, 0.717) is 30.2 Å². The topological polar surface area (TPSA) is 80.1 Å². The van der Waals surface area contributed by atoms with Gasteiger partial charge in [0.2, 0.25) is 11.7 Å². The summed E-state index contributed by atoms with van der Waals surface area (Å²) in [6.07, 6.45) is 6.17. The summed E-state index contributed by atoms with van der Waals surface area (Å²) in [5.41, 5.74) is 0.689. The molecule has 1 heterocycles. The molecule has 1 saturated carbocycles. The van der Waals surface area contributed by atoms with E-state index in [9.17, 15) is 9.18 Å². The van der Waals surface area contributed by atoms with Gasteiger partial charge in [-0.05, 0) is 37.1 Å². The Morgan fingerprint density at radius 1 is 1.21 bits per heavy atom. The number of amides is 2. The summed E-state index contributed by atoms with van der Waals surface area (Å²) >= 11 is 0. The molecule has 2 N–H and O–H groups in total. The Balaban J connectivity index is 1.43. The van der Waals surface area contributed by atoms with Crippen molar-refractivity contribution in [1.82, 2.24) is 20.8 Å². The fourth-order valence-electron chi connectivity index (χ4n) is 2.84. The van der Waals surface area contributed by atoms with Gasteiger partial charge in [-0.25, -0.2) is 9.18 Å². The Hall–Kier alpha value is -2.44. The fourth-order valence-corrected chi connectivity index (χ4v) is 2.84. The first-order valence-corrected chi connectivity index (χ1v) is 8.33. The number of halogens is 1. The summed E-state index contributed by atoms with van der Waals surface area (Å²) in [4.78, 5) is 16.1. The second-order valence-corrected chi connectivity index (χ2v) is 6.00. The van der Waals surface area contributed by atoms with Gasteiger partial charge < -0.3 is 15.2 Å². The van der Waals surface area contributed by atoms with Gasteiger partial charge in [0.25, 0.3) is 0 Å². The van der Waals surface area contributed by atoms with E-state index in [1.165, 1.54) is 31.4 Å². The van der Waals surface area contributed by atoms with Gasteiger partial charge in [0.1, 0.15) is 5.82 Å². The van der Waals surface area contributed by atoms with Crippen LogP contribution in [0.25, 0.3) is 11.4 Å². The summed E-state index contributed by atoms with van der Waals surface area (Å²) in [5, 5.41) is 9.67. The molecule has 0 spiro atoms. The lowest BCUT2D eigenvalue weighted by Gasteiger charge is -2.22. The molecule has 1 aliphatic rings. The minimum atomic E-state index is -0.310. The van der Waals surface area contributed by atoms with Crippen LogP contribution >= 0.6 is 0 Å². The molecule has 0 radical (unpaired) electrons. The van der Waals surface area contributed by atoms with Gasteiger partial charge in [-0.2, -0.15) is 4.98 Å². The van der Waals surface area contributed by atoms with Crippen LogP contribution in [0.2, 0.25) is 0 Å². The van der Waals surface area contributed by atoms with Crippen LogP contribution in [-0.2, 0) is 6.42 Å². The summed E-state index contributed by atoms with van der Waals surface area (Å²) < 4.78 is 18.1. The van der Waals surface area contributed by atoms with Crippen molar-refractivity contribution in [3.63, 3.8) is 0 Å². The molecule has 1 aromatic carbocycles. The molecule has 2 amide bonds. The van der Waals surface area contributed by atoms with Crippen LogP contribution in [0.3, 0.4) is 0 Å². The lowest BCUT2D eigenvalue weighted by molar-refractivity contribution is 0.232. The number of benzene rings is 1. The van der Waals surface area contributed by atoms with Crippen LogP contribution in [0.1, 0.15) is 38.0 Å². The van der Waals surface area contributed by atoms with E-state index in [2.05, 4.69) is 20.8 Å². The quantitative estimate of drug-likeness (QED) is 0.882. The minimum Gasteiger partial charge on any atom is -0.339 e. The van der Waals surface area contributed by atoms with Crippen LogP contribution in [0, 0.1) is 5.82 Å². The minimum absolute atomic E-state index is 0.153. The van der Waals surface area contributed by atoms with Gasteiger partial charge in [-0.1, -0.05) is 24.4 Å². The van der Waals surface area contributed by atoms with Crippen molar-refractivity contribution in [2.45, 2.75) is 44.6 Å². The number of nitrogens with one attached hydrogen (secondary N) is 2. The lowest BCUT2D eigenvalue weighted by Crippen LogP contribution is -2.43. The Morgan fingerprint density at radius 2 is 1.96 bits per heavy atom. The average molecular weight is 332 g/mol. The normalized spacial score (nSPS) is 15.2. The van der Waals surface area contributed by atoms with E-state index >= 15 is 0 Å². The second-order valence-electron chi connectivity index (χ2n) is 6.00. The van der Waals surface area contributed by atoms with Crippen LogP contribution in [-0.4, -0.2) is 28.8 Å². The second kappa shape index (κ2) is 7.90. The number of aromatic nitrogens is 2. The van der Waals surface area contributed by atoms with Crippen molar-refractivity contribution in [3.8, 4) is 11.4 Å². The van der Waals surface area contributed by atoms with Crippen LogP contribution < -0.4 is 10.6 Å². The van der Waals surface area contributed by atoms with Crippen LogP contribution in [0.5, 0.6) is 0 Å². The Bertz CT molecular complexity index is 665. The zero-order valence-electron chi connectivity index (χ0n) is 13.4. The molecular formula is C17H21FN4O2. The molecule has 6 nitrogen and oxygen atoms in total. The van der Waals surface area contributed by atoms with Gasteiger partial charge in [0, 0.05) is 24.6 Å². The highest BCUT2D eigenvalue weighted by Crippen LogP contribution is 2.17. The first kappa shape index (κ1) is 16.4. The third-order valence-corrected chi connectivity index (χ3v) is 4.14. The lowest BCUT2D eigenvalue weighted by atomic mass is 9.96. The number of rotatable bonds is 5. The van der Waals surface area contributed by atoms with Crippen molar-refractivity contribution in [2.75, 3.05) is 6.54 Å². The molecule has 0 aliphatic heterocycles. The molecule has 2 aromatic rings. The SMILES string of the molecule is O=C(NCCc1nc(-c2ccc(F)cc2)no1)NC1CCCCC1. The number of nitrogens with zero attached hydrogens (tertiary/aromatic N) is 2. The monoisotopic (exact) mass is 332 g/mol. The van der Waals surface area contributed by atoms with Crippen molar-refractivity contribution < 1.29 is 13.7 Å². The standard InChI is InChI=1S/C17H21FN4O2/c18-13-8-6-12(7-9-13)16-21-15(24-22-16)10-11-19-17(23)20-14-4-2-1-3-5-14/h6-9,14H,1-5,10-11H2,(H2,19,20,23). The average Bonchev–Trinajstić information content (AvgIpc) is 3.05. The van der Waals surface area contributed by atoms with E-state index in [-0.39, 0.29) is 17.9 Å². The molecule has 0 atom stereocenters. The van der Waals surface area contributed by atoms with Crippen molar-refractivity contribution in [1.29, 1.82) is 0 Å². The first-order chi connectivity index (χ1) is 11.7. The predicted molar refractivity (Wildman–Crippen MR) is 86.8 cm³/mol. The van der Waals surface area contributed by atoms with Crippen molar-refractivity contribution >= 4 is 6.03 Å². The maximum Gasteiger partial charge on any atom is 0.315 e. The van der Waals surface area contributed by atoms with Gasteiger partial charge in [-0.3, -0.25) is 0 Å². The Labute approximate surface area is 139 Å². The molecule has 3 rings (SSSR count). The van der Waals surface area contributed by atoms with E-state index in [0.717, 1.165) is 12.8 Å². The van der Waals surface area contributed by atoms with Crippen molar-refractivity contribution in [2.24, 2.45) is 0 Å². The van der Waals surface area contributed by atoms with Gasteiger partial charge >= 0.3 is 6.03 Å². The predicted octanol–water partition coefficient (Wildman–Crippen LogP) is 3.05. The maximum atomic E-state index is 12.9. The molecule has 7 heteroatoms. The summed E-state index contributed by atoms with van der Waals surface area (Å²) in [5.74, 6) is 0.541. The summed E-state index contributed by atoms with van der Waals surface area (Å²) in [6, 6.07) is 6.03. The third-order valence-electron chi connectivity index (χ3n) is 4.14. The molecule has 1 aliphatic carbocycles. The summed E-state index contributed by atoms with van der Waals surface area (Å²) in [7, 11) is 0. The Morgan fingerprint density at radius 3 is 2.71 bits per heavy atom. The molecule has 128 valence electrons. The number of carbonyl (C=O) groups is 1. The molecule has 24 heavy (non-hydrogen) atoms. The molecule has 0 saturated heterocycles. The largest absolute Gasteiger partial charge is 0.339 e. The van der Waals surface area contributed by atoms with E-state index < -0.39 is 0 Å². The smallest absolute Gasteiger partial charge is 0.315 e. The molecule has 0 bridgehead atoms. The summed E-state index contributed by atoms with van der Waals surface area (Å²) in [6.45, 7) is 0.420. The zero-order chi connectivity index (χ0) is 16.8. The highest BCUT2D eigenvalue weighted by atomic mass is 19.1. The molecular weight excluding hydrogens is 311 g/mol. The number of hydrogen-bond donors (Lipinski definition) is 2. The maximum absolute atomic E-state index is 12.9. The van der Waals surface area contributed by atoms with E-state index in [1.807, 2.05) is 0 Å². The first-order valence-electron chi connectivity index (χ1n) is 8.33. The highest BCUT2D eigenvalue weighted by Gasteiger charge is 2.15. The van der Waals surface area contributed by atoms with Crippen LogP contribution in [0.15, 0.2) is 28.8 Å². The van der Waals surface area contributed by atoms with Gasteiger partial charge in [0.15, 0.2) is 0 Å². The van der Waals surface area contributed by atoms with E-state index in [1.54, 1.807) is 12.1 Å². The molecule has 1 aromatic heterocycles. The Kier molecular flexibility index (Phi) is 5.40. The third kappa shape index (κ3) is 4.53. The number of carbonyl (C=O) groups excluding carboxylic acids is 1. The van der Waals surface area contributed by atoms with E-state index in [4.69, 9.17) is 4.52 Å². The molecule has 1 fully saturated rings. The fraction of sp³-hybridized carbons (Fsp3) is 0.471.